The summed E-state index contributed by atoms with van der Waals surface area (Å²) < 4.78 is 0. The normalized spacial score (nSPS) is 19.0. The van der Waals surface area contributed by atoms with E-state index in [0.29, 0.717) is 12.6 Å². The van der Waals surface area contributed by atoms with E-state index in [1.165, 1.54) is 12.8 Å². The van der Waals surface area contributed by atoms with Crippen LogP contribution in [0.5, 0.6) is 0 Å². The number of hydrogen-bond acceptors (Lipinski definition) is 2. The average Bonchev–Trinajstić information content (AvgIpc) is 2.59. The van der Waals surface area contributed by atoms with Gasteiger partial charge in [0, 0.05) is 6.04 Å². The molecule has 0 bridgehead atoms. The molecule has 14 heavy (non-hydrogen) atoms. The summed E-state index contributed by atoms with van der Waals surface area (Å²) >= 11 is 0. The number of carbonyl (C=O) groups excluding carboxylic acids is 1. The van der Waals surface area contributed by atoms with Gasteiger partial charge in [-0.05, 0) is 12.8 Å². The fourth-order valence-electron chi connectivity index (χ4n) is 2.03. The maximum absolute atomic E-state index is 11.5. The second-order valence-electron chi connectivity index (χ2n) is 4.03. The fraction of sp³-hybridized carbons (Fsp3) is 0.909. The van der Waals surface area contributed by atoms with Gasteiger partial charge in [0.1, 0.15) is 0 Å². The van der Waals surface area contributed by atoms with Gasteiger partial charge in [-0.2, -0.15) is 0 Å². The monoisotopic (exact) mass is 198 g/mol. The first-order valence-corrected chi connectivity index (χ1v) is 5.79. The van der Waals surface area contributed by atoms with E-state index < -0.39 is 0 Å². The Hall–Kier alpha value is -0.570. The van der Waals surface area contributed by atoms with Crippen molar-refractivity contribution in [3.63, 3.8) is 0 Å². The van der Waals surface area contributed by atoms with Crippen molar-refractivity contribution in [3.05, 3.63) is 0 Å². The van der Waals surface area contributed by atoms with E-state index >= 15 is 0 Å². The molecule has 1 amide bonds. The topological polar surface area (TPSA) is 32.3 Å². The predicted molar refractivity (Wildman–Crippen MR) is 57.9 cm³/mol. The molecule has 0 aliphatic carbocycles. The van der Waals surface area contributed by atoms with Crippen LogP contribution in [0.3, 0.4) is 0 Å². The Bertz CT molecular complexity index is 182. The van der Waals surface area contributed by atoms with Crippen molar-refractivity contribution in [3.8, 4) is 0 Å². The lowest BCUT2D eigenvalue weighted by atomic mass is 10.0. The van der Waals surface area contributed by atoms with E-state index in [1.807, 2.05) is 4.90 Å². The summed E-state index contributed by atoms with van der Waals surface area (Å²) in [5, 5.41) is 3.11. The summed E-state index contributed by atoms with van der Waals surface area (Å²) in [6.45, 7) is 5.68. The van der Waals surface area contributed by atoms with E-state index in [4.69, 9.17) is 0 Å². The minimum absolute atomic E-state index is 0.277. The minimum atomic E-state index is 0.277. The van der Waals surface area contributed by atoms with Gasteiger partial charge in [0.25, 0.3) is 0 Å². The van der Waals surface area contributed by atoms with Crippen LogP contribution < -0.4 is 5.32 Å². The third-order valence-corrected chi connectivity index (χ3v) is 2.83. The number of hydrogen-bond donors (Lipinski definition) is 1. The molecule has 0 aromatic rings. The highest BCUT2D eigenvalue weighted by atomic mass is 16.2. The zero-order valence-electron chi connectivity index (χ0n) is 9.38. The second-order valence-corrected chi connectivity index (χ2v) is 4.03. The van der Waals surface area contributed by atoms with Crippen LogP contribution in [0.25, 0.3) is 0 Å². The highest BCUT2D eigenvalue weighted by molar-refractivity contribution is 5.80. The fourth-order valence-corrected chi connectivity index (χ4v) is 2.03. The Kier molecular flexibility index (Phi) is 4.94. The first-order chi connectivity index (χ1) is 6.79. The first-order valence-electron chi connectivity index (χ1n) is 5.79. The first kappa shape index (κ1) is 11.5. The molecule has 1 heterocycles. The largest absolute Gasteiger partial charge is 0.326 e. The predicted octanol–water partition coefficient (Wildman–Crippen LogP) is 1.73. The van der Waals surface area contributed by atoms with E-state index in [0.717, 1.165) is 25.9 Å². The van der Waals surface area contributed by atoms with Gasteiger partial charge in [0.2, 0.25) is 5.91 Å². The number of nitrogens with zero attached hydrogens (tertiary/aromatic N) is 1. The molecule has 0 saturated carbocycles. The van der Waals surface area contributed by atoms with Crippen molar-refractivity contribution < 1.29 is 4.79 Å². The van der Waals surface area contributed by atoms with E-state index in [1.54, 1.807) is 0 Å². The summed E-state index contributed by atoms with van der Waals surface area (Å²) in [7, 11) is 0. The summed E-state index contributed by atoms with van der Waals surface area (Å²) in [5.74, 6) is 0.277. The van der Waals surface area contributed by atoms with Crippen LogP contribution in [0.4, 0.5) is 0 Å². The zero-order chi connectivity index (χ0) is 10.4. The lowest BCUT2D eigenvalue weighted by Crippen LogP contribution is -2.37. The molecule has 1 rings (SSSR count). The van der Waals surface area contributed by atoms with Crippen LogP contribution in [0, 0.1) is 0 Å². The minimum Gasteiger partial charge on any atom is -0.326 e. The van der Waals surface area contributed by atoms with Crippen LogP contribution in [-0.2, 0) is 4.79 Å². The molecule has 0 aromatic heterocycles. The average molecular weight is 198 g/mol. The third-order valence-electron chi connectivity index (χ3n) is 2.83. The smallest absolute Gasteiger partial charge is 0.237 e. The van der Waals surface area contributed by atoms with Crippen molar-refractivity contribution in [1.82, 2.24) is 10.2 Å². The summed E-state index contributed by atoms with van der Waals surface area (Å²) in [6.07, 6.45) is 5.92. The van der Waals surface area contributed by atoms with Crippen LogP contribution in [0.2, 0.25) is 0 Å². The van der Waals surface area contributed by atoms with Gasteiger partial charge in [-0.15, -0.1) is 0 Å². The molecule has 3 heteroatoms. The van der Waals surface area contributed by atoms with E-state index in [9.17, 15) is 4.79 Å². The van der Waals surface area contributed by atoms with E-state index in [2.05, 4.69) is 19.2 Å². The van der Waals surface area contributed by atoms with Crippen LogP contribution in [-0.4, -0.2) is 30.1 Å². The van der Waals surface area contributed by atoms with Crippen molar-refractivity contribution in [2.75, 3.05) is 13.2 Å². The Morgan fingerprint density at radius 3 is 2.64 bits per heavy atom. The molecule has 0 aromatic carbocycles. The molecule has 1 atom stereocenters. The summed E-state index contributed by atoms with van der Waals surface area (Å²) in [6, 6.07) is 0.474. The van der Waals surface area contributed by atoms with Crippen molar-refractivity contribution in [2.24, 2.45) is 0 Å². The molecule has 1 aliphatic rings. The molecule has 3 nitrogen and oxygen atoms in total. The van der Waals surface area contributed by atoms with Crippen LogP contribution in [0.15, 0.2) is 0 Å². The molecule has 1 unspecified atom stereocenters. The summed E-state index contributed by atoms with van der Waals surface area (Å²) in [4.78, 5) is 13.5. The lowest BCUT2D eigenvalue weighted by molar-refractivity contribution is -0.128. The van der Waals surface area contributed by atoms with Crippen molar-refractivity contribution >= 4 is 5.91 Å². The molecule has 1 saturated heterocycles. The standard InChI is InChI=1S/C11H22N2O/c1-3-5-7-10(6-4-2)13-9-12-8-11(13)14/h10,12H,3-9H2,1-2H3. The van der Waals surface area contributed by atoms with Crippen LogP contribution in [0.1, 0.15) is 46.0 Å². The highest BCUT2D eigenvalue weighted by Gasteiger charge is 2.26. The Balaban J connectivity index is 2.43. The SMILES string of the molecule is CCCCC(CCC)N1CNCC1=O. The molecule has 0 spiro atoms. The van der Waals surface area contributed by atoms with E-state index in [-0.39, 0.29) is 5.91 Å². The lowest BCUT2D eigenvalue weighted by Gasteiger charge is -2.26. The number of unbranched alkanes of at least 4 members (excludes halogenated alkanes) is 1. The van der Waals surface area contributed by atoms with Gasteiger partial charge < -0.3 is 4.90 Å². The number of nitrogens with one attached hydrogen (secondary N) is 1. The molecule has 1 fully saturated rings. The molecule has 1 N–H and O–H groups in total. The molecule has 0 radical (unpaired) electrons. The number of rotatable bonds is 6. The summed E-state index contributed by atoms with van der Waals surface area (Å²) in [5.41, 5.74) is 0. The molecular formula is C11H22N2O. The van der Waals surface area contributed by atoms with Gasteiger partial charge in [-0.3, -0.25) is 10.1 Å². The van der Waals surface area contributed by atoms with Crippen LogP contribution >= 0.6 is 0 Å². The molecular weight excluding hydrogens is 176 g/mol. The van der Waals surface area contributed by atoms with Gasteiger partial charge in [0.15, 0.2) is 0 Å². The van der Waals surface area contributed by atoms with Crippen molar-refractivity contribution in [2.45, 2.75) is 52.0 Å². The van der Waals surface area contributed by atoms with Crippen molar-refractivity contribution in [1.29, 1.82) is 0 Å². The number of amides is 1. The second kappa shape index (κ2) is 6.02. The Morgan fingerprint density at radius 1 is 1.36 bits per heavy atom. The Labute approximate surface area is 86.9 Å². The van der Waals surface area contributed by atoms with Gasteiger partial charge in [-0.1, -0.05) is 33.1 Å². The maximum atomic E-state index is 11.5. The third kappa shape index (κ3) is 2.98. The van der Waals surface area contributed by atoms with Gasteiger partial charge in [0.05, 0.1) is 13.2 Å². The molecule has 1 aliphatic heterocycles. The Morgan fingerprint density at radius 2 is 2.14 bits per heavy atom. The van der Waals surface area contributed by atoms with Gasteiger partial charge >= 0.3 is 0 Å². The zero-order valence-corrected chi connectivity index (χ0v) is 9.38. The quantitative estimate of drug-likeness (QED) is 0.705. The number of carbonyl (C=O) groups is 1. The van der Waals surface area contributed by atoms with Gasteiger partial charge in [-0.25, -0.2) is 0 Å². The molecule has 82 valence electrons. The highest BCUT2D eigenvalue weighted by Crippen LogP contribution is 2.15. The maximum Gasteiger partial charge on any atom is 0.237 e.